The van der Waals surface area contributed by atoms with Gasteiger partial charge in [0.25, 0.3) is 5.56 Å². The number of benzene rings is 2. The fraction of sp³-hybridized carbons (Fsp3) is 0.185. The highest BCUT2D eigenvalue weighted by molar-refractivity contribution is 7.18. The molecular weight excluding hydrogens is 568 g/mol. The molecule has 0 saturated heterocycles. The molecule has 0 aliphatic rings. The van der Waals surface area contributed by atoms with E-state index in [1.165, 1.54) is 31.2 Å². The molecule has 0 atom stereocenters. The highest BCUT2D eigenvalue weighted by atomic mass is 32.1. The average Bonchev–Trinajstić information content (AvgIpc) is 3.35. The molecule has 0 aliphatic heterocycles. The number of rotatable bonds is 6. The van der Waals surface area contributed by atoms with Gasteiger partial charge >= 0.3 is 12.4 Å². The van der Waals surface area contributed by atoms with Crippen LogP contribution in [0.3, 0.4) is 0 Å². The van der Waals surface area contributed by atoms with Gasteiger partial charge in [-0.05, 0) is 55.0 Å². The summed E-state index contributed by atoms with van der Waals surface area (Å²) < 4.78 is 116. The maximum Gasteiger partial charge on any atom is 0.419 e. The minimum absolute atomic E-state index is 0.0159. The summed E-state index contributed by atoms with van der Waals surface area (Å²) in [6, 6.07) is 10.2. The van der Waals surface area contributed by atoms with E-state index in [0.717, 1.165) is 40.2 Å². The maximum absolute atomic E-state index is 14.4. The molecule has 0 radical (unpaired) electrons. The summed E-state index contributed by atoms with van der Waals surface area (Å²) in [5.74, 6) is -2.39. The summed E-state index contributed by atoms with van der Waals surface area (Å²) in [5, 5.41) is 9.32. The molecule has 0 bridgehead atoms. The summed E-state index contributed by atoms with van der Waals surface area (Å²) >= 11 is 0.779. The number of hydrogen-bond acceptors (Lipinski definition) is 4. The van der Waals surface area contributed by atoms with Gasteiger partial charge in [-0.1, -0.05) is 6.07 Å². The van der Waals surface area contributed by atoms with Gasteiger partial charge in [-0.15, -0.1) is 11.3 Å². The van der Waals surface area contributed by atoms with Gasteiger partial charge in [0.1, 0.15) is 29.0 Å². The van der Waals surface area contributed by atoms with Crippen LogP contribution in [-0.2, 0) is 18.9 Å². The molecular formula is C27H16F8N2O2S. The monoisotopic (exact) mass is 584 g/mol. The van der Waals surface area contributed by atoms with Crippen molar-refractivity contribution in [2.45, 2.75) is 25.8 Å². The number of thiophene rings is 1. The summed E-state index contributed by atoms with van der Waals surface area (Å²) in [5.41, 5.74) is -5.70. The first-order valence-electron chi connectivity index (χ1n) is 11.4. The number of alkyl halides is 6. The molecule has 2 aromatic heterocycles. The topological polar surface area (TPSA) is 55.0 Å². The van der Waals surface area contributed by atoms with Crippen LogP contribution in [0, 0.1) is 23.0 Å². The smallest absolute Gasteiger partial charge is 0.419 e. The van der Waals surface area contributed by atoms with Crippen LogP contribution in [-0.4, -0.2) is 11.2 Å². The Morgan fingerprint density at radius 3 is 2.17 bits per heavy atom. The second-order valence-corrected chi connectivity index (χ2v) is 9.44. The van der Waals surface area contributed by atoms with Crippen molar-refractivity contribution in [2.75, 3.05) is 6.61 Å². The molecule has 0 saturated carbocycles. The number of aromatic nitrogens is 1. The number of hydrogen-bond donors (Lipinski definition) is 0. The molecule has 40 heavy (non-hydrogen) atoms. The fourth-order valence-corrected chi connectivity index (χ4v) is 5.00. The van der Waals surface area contributed by atoms with Gasteiger partial charge in [0, 0.05) is 16.5 Å². The normalized spacial score (nSPS) is 11.9. The van der Waals surface area contributed by atoms with Crippen LogP contribution in [0.15, 0.2) is 59.4 Å². The van der Waals surface area contributed by atoms with E-state index in [1.807, 2.05) is 0 Å². The second-order valence-electron chi connectivity index (χ2n) is 8.36. The molecule has 0 N–H and O–H groups in total. The molecule has 0 unspecified atom stereocenters. The standard InChI is InChI=1S/C27H16F8N2O2S/c1-2-39-22-6-4-14(9-19(22)27(33,34)35)23-7-8-24(40-23)21-11-18(26(30,31)32)17(12-36)25(38)37(21)13-15-3-5-16(28)10-20(15)29/h3-11H,2,13H2,1H3. The van der Waals surface area contributed by atoms with Crippen LogP contribution < -0.4 is 10.3 Å². The van der Waals surface area contributed by atoms with Crippen LogP contribution in [0.25, 0.3) is 21.0 Å². The van der Waals surface area contributed by atoms with E-state index in [-0.39, 0.29) is 33.2 Å². The van der Waals surface area contributed by atoms with Crippen molar-refractivity contribution in [3.8, 4) is 32.8 Å². The molecule has 208 valence electrons. The van der Waals surface area contributed by atoms with Crippen LogP contribution in [0.2, 0.25) is 0 Å². The Labute approximate surface area is 225 Å². The van der Waals surface area contributed by atoms with Crippen molar-refractivity contribution in [3.05, 3.63) is 98.8 Å². The van der Waals surface area contributed by atoms with Crippen LogP contribution in [0.5, 0.6) is 5.75 Å². The molecule has 4 nitrogen and oxygen atoms in total. The SMILES string of the molecule is CCOc1ccc(-c2ccc(-c3cc(C(F)(F)F)c(C#N)c(=O)n3Cc3ccc(F)cc3F)s2)cc1C(F)(F)F. The summed E-state index contributed by atoms with van der Waals surface area (Å²) in [4.78, 5) is 13.3. The lowest BCUT2D eigenvalue weighted by atomic mass is 10.1. The van der Waals surface area contributed by atoms with Gasteiger partial charge in [0.15, 0.2) is 0 Å². The Balaban J connectivity index is 1.91. The zero-order valence-corrected chi connectivity index (χ0v) is 21.1. The van der Waals surface area contributed by atoms with E-state index in [0.29, 0.717) is 12.1 Å². The van der Waals surface area contributed by atoms with E-state index < -0.39 is 58.5 Å². The maximum atomic E-state index is 14.4. The number of halogens is 8. The Kier molecular flexibility index (Phi) is 7.76. The average molecular weight is 584 g/mol. The summed E-state index contributed by atoms with van der Waals surface area (Å²) in [7, 11) is 0. The Morgan fingerprint density at radius 2 is 1.57 bits per heavy atom. The molecule has 4 aromatic rings. The Morgan fingerprint density at radius 1 is 0.900 bits per heavy atom. The number of pyridine rings is 1. The van der Waals surface area contributed by atoms with Crippen molar-refractivity contribution in [3.63, 3.8) is 0 Å². The summed E-state index contributed by atoms with van der Waals surface area (Å²) in [6.07, 6.45) is -9.86. The first kappa shape index (κ1) is 28.8. The van der Waals surface area contributed by atoms with Crippen molar-refractivity contribution in [1.82, 2.24) is 4.57 Å². The molecule has 0 amide bonds. The molecule has 13 heteroatoms. The third-order valence-corrected chi connectivity index (χ3v) is 6.95. The third-order valence-electron chi connectivity index (χ3n) is 5.79. The van der Waals surface area contributed by atoms with Crippen LogP contribution in [0.1, 0.15) is 29.2 Å². The zero-order valence-electron chi connectivity index (χ0n) is 20.3. The lowest BCUT2D eigenvalue weighted by molar-refractivity contribution is -0.139. The van der Waals surface area contributed by atoms with Crippen molar-refractivity contribution >= 4 is 11.3 Å². The lowest BCUT2D eigenvalue weighted by Crippen LogP contribution is -2.28. The Hall–Kier alpha value is -4.18. The van der Waals surface area contributed by atoms with E-state index in [9.17, 15) is 45.2 Å². The first-order valence-corrected chi connectivity index (χ1v) is 12.2. The largest absolute Gasteiger partial charge is 0.493 e. The molecule has 0 fully saturated rings. The Bertz CT molecular complexity index is 1680. The van der Waals surface area contributed by atoms with E-state index in [2.05, 4.69) is 0 Å². The molecule has 0 aliphatic carbocycles. The number of nitrogens with zero attached hydrogens (tertiary/aromatic N) is 2. The zero-order chi connectivity index (χ0) is 29.4. The van der Waals surface area contributed by atoms with Crippen LogP contribution in [0.4, 0.5) is 35.1 Å². The number of nitriles is 1. The van der Waals surface area contributed by atoms with E-state index in [1.54, 1.807) is 0 Å². The molecule has 2 aromatic carbocycles. The number of ether oxygens (including phenoxy) is 1. The highest BCUT2D eigenvalue weighted by Crippen LogP contribution is 2.42. The van der Waals surface area contributed by atoms with Gasteiger partial charge in [-0.2, -0.15) is 31.6 Å². The van der Waals surface area contributed by atoms with Gasteiger partial charge in [-0.25, -0.2) is 8.78 Å². The minimum Gasteiger partial charge on any atom is -0.493 e. The lowest BCUT2D eigenvalue weighted by Gasteiger charge is -2.17. The van der Waals surface area contributed by atoms with Crippen LogP contribution >= 0.6 is 11.3 Å². The van der Waals surface area contributed by atoms with Gasteiger partial charge in [0.05, 0.1) is 34.8 Å². The summed E-state index contributed by atoms with van der Waals surface area (Å²) in [6.45, 7) is 0.851. The third kappa shape index (κ3) is 5.72. The predicted octanol–water partition coefficient (Wildman–Crippen LogP) is 7.88. The second kappa shape index (κ2) is 10.8. The quantitative estimate of drug-likeness (QED) is 0.217. The molecule has 2 heterocycles. The first-order chi connectivity index (χ1) is 18.7. The molecule has 0 spiro atoms. The van der Waals surface area contributed by atoms with Gasteiger partial charge in [0.2, 0.25) is 0 Å². The van der Waals surface area contributed by atoms with Crippen molar-refractivity contribution in [2.24, 2.45) is 0 Å². The van der Waals surface area contributed by atoms with Crippen molar-refractivity contribution in [1.29, 1.82) is 5.26 Å². The predicted molar refractivity (Wildman–Crippen MR) is 131 cm³/mol. The fourth-order valence-electron chi connectivity index (χ4n) is 3.98. The van der Waals surface area contributed by atoms with Gasteiger partial charge in [-0.3, -0.25) is 4.79 Å². The van der Waals surface area contributed by atoms with Crippen molar-refractivity contribution < 1.29 is 39.9 Å². The minimum atomic E-state index is -5.10. The molecule has 4 rings (SSSR count). The van der Waals surface area contributed by atoms with Gasteiger partial charge < -0.3 is 9.30 Å². The van der Waals surface area contributed by atoms with E-state index >= 15 is 0 Å². The highest BCUT2D eigenvalue weighted by Gasteiger charge is 2.37. The van der Waals surface area contributed by atoms with E-state index in [4.69, 9.17) is 4.74 Å².